The zero-order chi connectivity index (χ0) is 18.7. The lowest BCUT2D eigenvalue weighted by atomic mass is 10.2. The summed E-state index contributed by atoms with van der Waals surface area (Å²) in [5.74, 6) is 0.465. The molecule has 0 unspecified atom stereocenters. The maximum absolute atomic E-state index is 12.8. The van der Waals surface area contributed by atoms with E-state index in [1.54, 1.807) is 23.1 Å². The van der Waals surface area contributed by atoms with Crippen LogP contribution in [-0.4, -0.2) is 53.2 Å². The first kappa shape index (κ1) is 18.0. The summed E-state index contributed by atoms with van der Waals surface area (Å²) in [5.41, 5.74) is 2.20. The van der Waals surface area contributed by atoms with Gasteiger partial charge in [0.2, 0.25) is 5.91 Å². The number of aryl methyl sites for hydroxylation is 1. The Labute approximate surface area is 153 Å². The molecule has 2 heterocycles. The van der Waals surface area contributed by atoms with Gasteiger partial charge in [0, 0.05) is 37.1 Å². The quantitative estimate of drug-likeness (QED) is 0.823. The Balaban J connectivity index is 1.72. The molecule has 0 saturated carbocycles. The molecule has 7 heteroatoms. The Hall–Kier alpha value is -2.83. The molecule has 1 aromatic heterocycles. The average Bonchev–Trinajstić information content (AvgIpc) is 3.02. The summed E-state index contributed by atoms with van der Waals surface area (Å²) < 4.78 is 7.06. The van der Waals surface area contributed by atoms with E-state index in [1.807, 2.05) is 35.9 Å². The fourth-order valence-corrected chi connectivity index (χ4v) is 3.16. The molecule has 1 aliphatic heterocycles. The average molecular weight is 356 g/mol. The molecule has 2 amide bonds. The molecule has 1 fully saturated rings. The number of nitrogens with zero attached hydrogens (tertiary/aromatic N) is 4. The highest BCUT2D eigenvalue weighted by molar-refractivity contribution is 6.02. The monoisotopic (exact) mass is 356 g/mol. The molecule has 0 bridgehead atoms. The molecule has 0 atom stereocenters. The molecule has 0 N–H and O–H groups in total. The predicted octanol–water partition coefficient (Wildman–Crippen LogP) is 2.10. The van der Waals surface area contributed by atoms with E-state index in [1.165, 1.54) is 0 Å². The Morgan fingerprint density at radius 2 is 2.12 bits per heavy atom. The summed E-state index contributed by atoms with van der Waals surface area (Å²) in [5, 5.41) is 4.28. The van der Waals surface area contributed by atoms with Crippen molar-refractivity contribution in [2.75, 3.05) is 31.6 Å². The number of carbonyl (C=O) groups is 2. The van der Waals surface area contributed by atoms with E-state index >= 15 is 0 Å². The van der Waals surface area contributed by atoms with Gasteiger partial charge < -0.3 is 14.5 Å². The van der Waals surface area contributed by atoms with E-state index in [2.05, 4.69) is 12.0 Å². The third-order valence-electron chi connectivity index (χ3n) is 4.64. The van der Waals surface area contributed by atoms with Crippen molar-refractivity contribution >= 4 is 17.5 Å². The molecular formula is C19H24N4O3. The molecule has 0 radical (unpaired) electrons. The molecule has 1 aliphatic rings. The largest absolute Gasteiger partial charge is 0.497 e. The second kappa shape index (κ2) is 7.59. The van der Waals surface area contributed by atoms with Crippen LogP contribution in [0.5, 0.6) is 5.75 Å². The number of rotatable bonds is 5. The van der Waals surface area contributed by atoms with E-state index < -0.39 is 0 Å². The Morgan fingerprint density at radius 1 is 1.31 bits per heavy atom. The number of amides is 2. The van der Waals surface area contributed by atoms with Gasteiger partial charge in [0.05, 0.1) is 18.9 Å². The van der Waals surface area contributed by atoms with Crippen LogP contribution in [-0.2, 0) is 11.3 Å². The van der Waals surface area contributed by atoms with E-state index in [9.17, 15) is 9.59 Å². The summed E-state index contributed by atoms with van der Waals surface area (Å²) in [6, 6.07) is 7.39. The van der Waals surface area contributed by atoms with Gasteiger partial charge in [-0.25, -0.2) is 0 Å². The van der Waals surface area contributed by atoms with Crippen molar-refractivity contribution in [2.45, 2.75) is 26.8 Å². The maximum Gasteiger partial charge on any atom is 0.257 e. The van der Waals surface area contributed by atoms with Gasteiger partial charge in [0.25, 0.3) is 5.91 Å². The molecule has 0 aliphatic carbocycles. The van der Waals surface area contributed by atoms with Crippen LogP contribution in [0.3, 0.4) is 0 Å². The van der Waals surface area contributed by atoms with Crippen molar-refractivity contribution in [3.63, 3.8) is 0 Å². The third kappa shape index (κ3) is 3.42. The second-order valence-corrected chi connectivity index (χ2v) is 6.34. The molecular weight excluding hydrogens is 332 g/mol. The molecule has 1 aromatic carbocycles. The number of hydrogen-bond donors (Lipinski definition) is 0. The number of piperazine rings is 1. The number of benzene rings is 1. The van der Waals surface area contributed by atoms with Gasteiger partial charge in [-0.2, -0.15) is 5.10 Å². The SMILES string of the molecule is CCCn1ncc(C(=O)N2CCN(c3cccc(OC)c3)C(=O)C2)c1C. The fraction of sp³-hybridized carbons (Fsp3) is 0.421. The van der Waals surface area contributed by atoms with Crippen LogP contribution in [0.1, 0.15) is 29.4 Å². The van der Waals surface area contributed by atoms with Crippen LogP contribution < -0.4 is 9.64 Å². The molecule has 0 spiro atoms. The van der Waals surface area contributed by atoms with Crippen LogP contribution in [0.4, 0.5) is 5.69 Å². The second-order valence-electron chi connectivity index (χ2n) is 6.34. The van der Waals surface area contributed by atoms with Gasteiger partial charge in [-0.15, -0.1) is 0 Å². The van der Waals surface area contributed by atoms with E-state index in [0.29, 0.717) is 24.4 Å². The Kier molecular flexibility index (Phi) is 5.25. The van der Waals surface area contributed by atoms with Gasteiger partial charge in [0.1, 0.15) is 12.3 Å². The van der Waals surface area contributed by atoms with Gasteiger partial charge >= 0.3 is 0 Å². The summed E-state index contributed by atoms with van der Waals surface area (Å²) in [6.07, 6.45) is 2.56. The molecule has 1 saturated heterocycles. The minimum Gasteiger partial charge on any atom is -0.497 e. The summed E-state index contributed by atoms with van der Waals surface area (Å²) in [4.78, 5) is 28.7. The highest BCUT2D eigenvalue weighted by atomic mass is 16.5. The third-order valence-corrected chi connectivity index (χ3v) is 4.64. The van der Waals surface area contributed by atoms with Gasteiger partial charge in [-0.1, -0.05) is 13.0 Å². The maximum atomic E-state index is 12.8. The smallest absolute Gasteiger partial charge is 0.257 e. The topological polar surface area (TPSA) is 67.7 Å². The first-order valence-electron chi connectivity index (χ1n) is 8.81. The summed E-state index contributed by atoms with van der Waals surface area (Å²) >= 11 is 0. The zero-order valence-electron chi connectivity index (χ0n) is 15.4. The van der Waals surface area contributed by atoms with Crippen LogP contribution in [0.2, 0.25) is 0 Å². The highest BCUT2D eigenvalue weighted by Gasteiger charge is 2.30. The minimum atomic E-state index is -0.136. The van der Waals surface area contributed by atoms with Gasteiger partial charge in [0.15, 0.2) is 0 Å². The van der Waals surface area contributed by atoms with Gasteiger partial charge in [-0.3, -0.25) is 14.3 Å². The van der Waals surface area contributed by atoms with Crippen LogP contribution in [0.15, 0.2) is 30.5 Å². The van der Waals surface area contributed by atoms with Crippen LogP contribution in [0, 0.1) is 6.92 Å². The molecule has 2 aromatic rings. The number of aromatic nitrogens is 2. The highest BCUT2D eigenvalue weighted by Crippen LogP contribution is 2.23. The van der Waals surface area contributed by atoms with E-state index in [-0.39, 0.29) is 18.4 Å². The number of anilines is 1. The molecule has 3 rings (SSSR count). The summed E-state index contributed by atoms with van der Waals surface area (Å²) in [7, 11) is 1.60. The van der Waals surface area contributed by atoms with E-state index in [4.69, 9.17) is 4.74 Å². The lowest BCUT2D eigenvalue weighted by Gasteiger charge is -2.34. The van der Waals surface area contributed by atoms with Crippen molar-refractivity contribution in [1.29, 1.82) is 0 Å². The zero-order valence-corrected chi connectivity index (χ0v) is 15.4. The fourth-order valence-electron chi connectivity index (χ4n) is 3.16. The molecule has 26 heavy (non-hydrogen) atoms. The molecule has 138 valence electrons. The number of ether oxygens (including phenoxy) is 1. The lowest BCUT2D eigenvalue weighted by Crippen LogP contribution is -2.52. The first-order chi connectivity index (χ1) is 12.5. The minimum absolute atomic E-state index is 0.0639. The number of methoxy groups -OCH3 is 1. The van der Waals surface area contributed by atoms with Crippen LogP contribution in [0.25, 0.3) is 0 Å². The predicted molar refractivity (Wildman–Crippen MR) is 98.5 cm³/mol. The van der Waals surface area contributed by atoms with Crippen molar-refractivity contribution in [3.8, 4) is 5.75 Å². The number of carbonyl (C=O) groups excluding carboxylic acids is 2. The standard InChI is InChI=1S/C19H24N4O3/c1-4-8-23-14(2)17(12-20-23)19(25)21-9-10-22(18(24)13-21)15-6-5-7-16(11-15)26-3/h5-7,11-12H,4,8-10,13H2,1-3H3. The lowest BCUT2D eigenvalue weighted by molar-refractivity contribution is -0.120. The number of hydrogen-bond acceptors (Lipinski definition) is 4. The Morgan fingerprint density at radius 3 is 2.81 bits per heavy atom. The van der Waals surface area contributed by atoms with E-state index in [0.717, 1.165) is 24.3 Å². The normalized spacial score (nSPS) is 14.7. The van der Waals surface area contributed by atoms with Crippen molar-refractivity contribution in [2.24, 2.45) is 0 Å². The van der Waals surface area contributed by atoms with Crippen molar-refractivity contribution < 1.29 is 14.3 Å². The Bertz CT molecular complexity index is 815. The first-order valence-corrected chi connectivity index (χ1v) is 8.81. The molecule has 7 nitrogen and oxygen atoms in total. The van der Waals surface area contributed by atoms with Crippen molar-refractivity contribution in [1.82, 2.24) is 14.7 Å². The van der Waals surface area contributed by atoms with Gasteiger partial charge in [-0.05, 0) is 25.5 Å². The summed E-state index contributed by atoms with van der Waals surface area (Å²) in [6.45, 7) is 5.75. The van der Waals surface area contributed by atoms with Crippen LogP contribution >= 0.6 is 0 Å². The van der Waals surface area contributed by atoms with Crippen molar-refractivity contribution in [3.05, 3.63) is 41.7 Å².